The molecule has 2 heteroatoms. The van der Waals surface area contributed by atoms with Crippen LogP contribution in [-0.4, -0.2) is 17.3 Å². The molecule has 0 aromatic carbocycles. The van der Waals surface area contributed by atoms with Crippen LogP contribution in [0.1, 0.15) is 41.5 Å². The fourth-order valence-corrected chi connectivity index (χ4v) is 10.1. The maximum absolute atomic E-state index is 3.23. The molecule has 0 nitrogen and oxygen atoms in total. The zero-order chi connectivity index (χ0) is 11.4. The molecule has 0 amide bonds. The molecule has 0 spiro atoms. The van der Waals surface area contributed by atoms with Gasteiger partial charge in [0.05, 0.1) is 0 Å². The van der Waals surface area contributed by atoms with Gasteiger partial charge in [-0.3, -0.25) is 0 Å². The molecule has 0 heterocycles. The third-order valence-electron chi connectivity index (χ3n) is 2.00. The molecule has 1 unspecified atom stereocenters. The van der Waals surface area contributed by atoms with Crippen LogP contribution in [0.3, 0.4) is 0 Å². The van der Waals surface area contributed by atoms with Crippen LogP contribution >= 0.6 is 18.1 Å². The fourth-order valence-electron chi connectivity index (χ4n) is 2.20. The predicted octanol–water partition coefficient (Wildman–Crippen LogP) is 4.55. The van der Waals surface area contributed by atoms with E-state index in [0.29, 0.717) is 0 Å². The number of rotatable bonds is 6. The van der Waals surface area contributed by atoms with Gasteiger partial charge >= 0.3 is 0 Å². The van der Waals surface area contributed by atoms with Crippen LogP contribution in [0.25, 0.3) is 0 Å². The molecule has 0 aromatic heterocycles. The Bertz CT molecular complexity index is 126. The molecule has 88 valence electrons. The van der Waals surface area contributed by atoms with E-state index in [4.69, 9.17) is 0 Å². The first-order valence-corrected chi connectivity index (χ1v) is 9.41. The predicted molar refractivity (Wildman–Crippen MR) is 76.4 cm³/mol. The summed E-state index contributed by atoms with van der Waals surface area (Å²) in [6.45, 7) is 14.1. The largest absolute Gasteiger partial charge is 0.225 e. The molecule has 0 saturated heterocycles. The first-order chi connectivity index (χ1) is 6.25. The SMILES string of the molecule is CC(C)CS(P)(CC(C)C)CC(C)C. The van der Waals surface area contributed by atoms with Gasteiger partial charge < -0.3 is 0 Å². The first-order valence-electron chi connectivity index (χ1n) is 5.79. The van der Waals surface area contributed by atoms with E-state index in [0.717, 1.165) is 17.8 Å². The molecular formula is C12H29PS. The second kappa shape index (κ2) is 6.38. The Kier molecular flexibility index (Phi) is 6.74. The van der Waals surface area contributed by atoms with Crippen molar-refractivity contribution in [1.82, 2.24) is 0 Å². The molecule has 0 radical (unpaired) electrons. The van der Waals surface area contributed by atoms with E-state index in [1.165, 1.54) is 17.3 Å². The van der Waals surface area contributed by atoms with E-state index in [1.807, 2.05) is 0 Å². The van der Waals surface area contributed by atoms with Crippen LogP contribution in [0.15, 0.2) is 0 Å². The molecular weight excluding hydrogens is 207 g/mol. The zero-order valence-electron chi connectivity index (χ0n) is 10.8. The van der Waals surface area contributed by atoms with E-state index < -0.39 is 9.65 Å². The molecule has 0 aromatic rings. The summed E-state index contributed by atoms with van der Waals surface area (Å²) >= 11 is 0. The van der Waals surface area contributed by atoms with Gasteiger partial charge in [-0.1, -0.05) is 50.0 Å². The van der Waals surface area contributed by atoms with Crippen LogP contribution in [0.2, 0.25) is 0 Å². The molecule has 0 aliphatic heterocycles. The second-order valence-corrected chi connectivity index (χ2v) is 12.0. The lowest BCUT2D eigenvalue weighted by atomic mass is 10.3. The maximum atomic E-state index is 3.23. The minimum atomic E-state index is -0.420. The Balaban J connectivity index is 4.32. The van der Waals surface area contributed by atoms with Gasteiger partial charge in [0.2, 0.25) is 0 Å². The highest BCUT2D eigenvalue weighted by Gasteiger charge is 2.22. The Labute approximate surface area is 94.9 Å². The van der Waals surface area contributed by atoms with Crippen molar-refractivity contribution in [3.8, 4) is 0 Å². The molecule has 0 aliphatic carbocycles. The smallest absolute Gasteiger partial charge is 0.0173 e. The quantitative estimate of drug-likeness (QED) is 0.594. The van der Waals surface area contributed by atoms with Gasteiger partial charge in [0.25, 0.3) is 0 Å². The van der Waals surface area contributed by atoms with Gasteiger partial charge in [-0.25, -0.2) is 9.65 Å². The third-order valence-corrected chi connectivity index (χ3v) is 7.72. The van der Waals surface area contributed by atoms with E-state index in [-0.39, 0.29) is 0 Å². The summed E-state index contributed by atoms with van der Waals surface area (Å²) in [4.78, 5) is 0. The van der Waals surface area contributed by atoms with Gasteiger partial charge in [0.1, 0.15) is 0 Å². The van der Waals surface area contributed by atoms with E-state index in [1.54, 1.807) is 0 Å². The van der Waals surface area contributed by atoms with Gasteiger partial charge in [-0.2, -0.15) is 0 Å². The molecule has 14 heavy (non-hydrogen) atoms. The zero-order valence-corrected chi connectivity index (χ0v) is 12.8. The van der Waals surface area contributed by atoms with Crippen molar-refractivity contribution in [2.45, 2.75) is 41.5 Å². The third kappa shape index (κ3) is 7.12. The molecule has 0 N–H and O–H groups in total. The molecule has 0 rings (SSSR count). The summed E-state index contributed by atoms with van der Waals surface area (Å²) in [5.41, 5.74) is 0. The lowest BCUT2D eigenvalue weighted by Crippen LogP contribution is -2.17. The highest BCUT2D eigenvalue weighted by molar-refractivity contribution is 8.68. The van der Waals surface area contributed by atoms with Gasteiger partial charge in [-0.15, -0.1) is 0 Å². The molecule has 0 bridgehead atoms. The highest BCUT2D eigenvalue weighted by atomic mass is 32.8. The van der Waals surface area contributed by atoms with Crippen molar-refractivity contribution in [3.63, 3.8) is 0 Å². The summed E-state index contributed by atoms with van der Waals surface area (Å²) in [5.74, 6) is 6.82. The van der Waals surface area contributed by atoms with Crippen LogP contribution in [-0.2, 0) is 0 Å². The van der Waals surface area contributed by atoms with E-state index in [9.17, 15) is 0 Å². The Morgan fingerprint density at radius 1 is 0.714 bits per heavy atom. The standard InChI is InChI=1S/C12H29PS/c1-10(2)7-14(13,8-11(3)4)9-12(5)6/h10-12H,7-9,13H2,1-6H3. The average molecular weight is 236 g/mol. The van der Waals surface area contributed by atoms with E-state index in [2.05, 4.69) is 50.0 Å². The van der Waals surface area contributed by atoms with Crippen molar-refractivity contribution in [1.29, 1.82) is 0 Å². The summed E-state index contributed by atoms with van der Waals surface area (Å²) < 4.78 is 0. The van der Waals surface area contributed by atoms with E-state index >= 15 is 0 Å². The fraction of sp³-hybridized carbons (Fsp3) is 1.00. The van der Waals surface area contributed by atoms with Crippen LogP contribution in [0.5, 0.6) is 0 Å². The van der Waals surface area contributed by atoms with Crippen LogP contribution in [0, 0.1) is 17.8 Å². The van der Waals surface area contributed by atoms with Crippen LogP contribution < -0.4 is 0 Å². The average Bonchev–Trinajstić information content (AvgIpc) is 1.76. The van der Waals surface area contributed by atoms with Crippen LogP contribution in [0.4, 0.5) is 0 Å². The molecule has 0 saturated carbocycles. The topological polar surface area (TPSA) is 0 Å². The van der Waals surface area contributed by atoms with Crippen molar-refractivity contribution >= 4 is 18.1 Å². The number of hydrogen-bond acceptors (Lipinski definition) is 0. The minimum Gasteiger partial charge on any atom is -0.225 e. The summed E-state index contributed by atoms with van der Waals surface area (Å²) in [6.07, 6.45) is 0. The van der Waals surface area contributed by atoms with Gasteiger partial charge in [-0.05, 0) is 35.0 Å². The summed E-state index contributed by atoms with van der Waals surface area (Å²) in [7, 11) is 2.81. The molecule has 1 atom stereocenters. The lowest BCUT2D eigenvalue weighted by molar-refractivity contribution is 0.702. The normalized spacial score (nSPS) is 14.4. The maximum Gasteiger partial charge on any atom is -0.0173 e. The monoisotopic (exact) mass is 236 g/mol. The van der Waals surface area contributed by atoms with Crippen molar-refractivity contribution in [3.05, 3.63) is 0 Å². The first kappa shape index (κ1) is 14.8. The van der Waals surface area contributed by atoms with Crippen molar-refractivity contribution < 1.29 is 0 Å². The Hall–Kier alpha value is 0.780. The Morgan fingerprint density at radius 2 is 0.929 bits per heavy atom. The Morgan fingerprint density at radius 3 is 1.07 bits per heavy atom. The second-order valence-electron chi connectivity index (χ2n) is 5.79. The summed E-state index contributed by atoms with van der Waals surface area (Å²) in [5, 5.41) is 0. The molecule has 0 fully saturated rings. The number of hydrogen-bond donors (Lipinski definition) is 0. The van der Waals surface area contributed by atoms with Gasteiger partial charge in [0.15, 0.2) is 0 Å². The lowest BCUT2D eigenvalue weighted by Gasteiger charge is -2.40. The van der Waals surface area contributed by atoms with Gasteiger partial charge in [0, 0.05) is 0 Å². The molecule has 0 aliphatic rings. The summed E-state index contributed by atoms with van der Waals surface area (Å²) in [6, 6.07) is 0. The minimum absolute atomic E-state index is 0.420. The highest BCUT2D eigenvalue weighted by Crippen LogP contribution is 2.59. The van der Waals surface area contributed by atoms with Crippen molar-refractivity contribution in [2.24, 2.45) is 17.8 Å². The van der Waals surface area contributed by atoms with Crippen molar-refractivity contribution in [2.75, 3.05) is 17.3 Å².